The molecule has 3 rings (SSSR count). The summed E-state index contributed by atoms with van der Waals surface area (Å²) >= 11 is 5.93. The van der Waals surface area contributed by atoms with Crippen molar-refractivity contribution in [2.75, 3.05) is 23.9 Å². The zero-order chi connectivity index (χ0) is 12.5. The molecule has 1 saturated heterocycles. The van der Waals surface area contributed by atoms with Gasteiger partial charge in [0.2, 0.25) is 0 Å². The van der Waals surface area contributed by atoms with Crippen LogP contribution >= 0.6 is 11.6 Å². The zero-order valence-corrected chi connectivity index (χ0v) is 11.3. The number of hydrogen-bond acceptors (Lipinski definition) is 3. The van der Waals surface area contributed by atoms with Crippen LogP contribution < -0.4 is 4.90 Å². The molecule has 0 radical (unpaired) electrons. The van der Waals surface area contributed by atoms with Crippen molar-refractivity contribution in [2.24, 2.45) is 5.92 Å². The summed E-state index contributed by atoms with van der Waals surface area (Å²) in [4.78, 5) is 6.66. The Labute approximate surface area is 112 Å². The molecule has 3 heterocycles. The molecule has 96 valence electrons. The highest BCUT2D eigenvalue weighted by Gasteiger charge is 2.20. The Morgan fingerprint density at radius 2 is 2.11 bits per heavy atom. The number of nitrogens with zero attached hydrogens (tertiary/aromatic N) is 4. The molecule has 1 fully saturated rings. The molecule has 0 spiro atoms. The predicted molar refractivity (Wildman–Crippen MR) is 73.4 cm³/mol. The van der Waals surface area contributed by atoms with Gasteiger partial charge < -0.3 is 4.90 Å². The second kappa shape index (κ2) is 4.76. The van der Waals surface area contributed by atoms with Crippen LogP contribution in [0.15, 0.2) is 18.5 Å². The summed E-state index contributed by atoms with van der Waals surface area (Å²) in [6, 6.07) is 4.24. The van der Waals surface area contributed by atoms with E-state index >= 15 is 0 Å². The average molecular weight is 265 g/mol. The standard InChI is InChI=1S/C13H17ClN4/c1-10-6-12-15-9-16-18(12)13(7-10)17-4-2-11(8-14)3-5-17/h6-7,9,11H,2-5,8H2,1H3. The van der Waals surface area contributed by atoms with Crippen molar-refractivity contribution in [3.8, 4) is 0 Å². The molecule has 0 unspecified atom stereocenters. The fourth-order valence-electron chi connectivity index (χ4n) is 2.58. The van der Waals surface area contributed by atoms with Crippen molar-refractivity contribution in [1.82, 2.24) is 14.6 Å². The Kier molecular flexibility index (Phi) is 3.12. The van der Waals surface area contributed by atoms with Crippen LogP contribution in [0, 0.1) is 12.8 Å². The Balaban J connectivity index is 1.92. The third kappa shape index (κ3) is 2.05. The zero-order valence-electron chi connectivity index (χ0n) is 10.5. The second-order valence-electron chi connectivity index (χ2n) is 5.01. The minimum atomic E-state index is 0.666. The summed E-state index contributed by atoms with van der Waals surface area (Å²) in [5, 5.41) is 4.31. The van der Waals surface area contributed by atoms with Gasteiger partial charge in [-0.3, -0.25) is 0 Å². The van der Waals surface area contributed by atoms with Crippen LogP contribution in [0.5, 0.6) is 0 Å². The number of aryl methyl sites for hydroxylation is 1. The maximum absolute atomic E-state index is 5.93. The van der Waals surface area contributed by atoms with E-state index < -0.39 is 0 Å². The molecule has 18 heavy (non-hydrogen) atoms. The Morgan fingerprint density at radius 1 is 1.33 bits per heavy atom. The lowest BCUT2D eigenvalue weighted by Gasteiger charge is -2.32. The van der Waals surface area contributed by atoms with Crippen molar-refractivity contribution in [2.45, 2.75) is 19.8 Å². The van der Waals surface area contributed by atoms with E-state index in [2.05, 4.69) is 34.0 Å². The molecule has 0 aromatic carbocycles. The number of halogens is 1. The van der Waals surface area contributed by atoms with E-state index in [1.165, 1.54) is 5.56 Å². The molecule has 1 aliphatic rings. The third-order valence-corrected chi connectivity index (χ3v) is 4.10. The van der Waals surface area contributed by atoms with E-state index in [1.54, 1.807) is 6.33 Å². The number of pyridine rings is 1. The van der Waals surface area contributed by atoms with Gasteiger partial charge in [-0.1, -0.05) is 0 Å². The van der Waals surface area contributed by atoms with Crippen LogP contribution in [-0.4, -0.2) is 33.6 Å². The molecule has 0 atom stereocenters. The van der Waals surface area contributed by atoms with E-state index in [9.17, 15) is 0 Å². The van der Waals surface area contributed by atoms with Crippen LogP contribution in [-0.2, 0) is 0 Å². The van der Waals surface area contributed by atoms with Gasteiger partial charge in [0.25, 0.3) is 0 Å². The fourth-order valence-corrected chi connectivity index (χ4v) is 2.89. The van der Waals surface area contributed by atoms with E-state index in [1.807, 2.05) is 4.52 Å². The third-order valence-electron chi connectivity index (χ3n) is 3.66. The number of piperidine rings is 1. The minimum Gasteiger partial charge on any atom is -0.356 e. The lowest BCUT2D eigenvalue weighted by Crippen LogP contribution is -2.35. The van der Waals surface area contributed by atoms with Gasteiger partial charge in [0.15, 0.2) is 5.65 Å². The molecular formula is C13H17ClN4. The van der Waals surface area contributed by atoms with Crippen molar-refractivity contribution in [3.63, 3.8) is 0 Å². The van der Waals surface area contributed by atoms with E-state index in [-0.39, 0.29) is 0 Å². The molecule has 0 N–H and O–H groups in total. The van der Waals surface area contributed by atoms with Gasteiger partial charge in [-0.25, -0.2) is 4.98 Å². The normalized spacial score (nSPS) is 17.6. The van der Waals surface area contributed by atoms with Crippen molar-refractivity contribution in [1.29, 1.82) is 0 Å². The highest BCUT2D eigenvalue weighted by atomic mass is 35.5. The average Bonchev–Trinajstić information content (AvgIpc) is 2.86. The molecule has 0 amide bonds. The summed E-state index contributed by atoms with van der Waals surface area (Å²) in [6.45, 7) is 4.20. The fraction of sp³-hybridized carbons (Fsp3) is 0.538. The molecule has 0 aliphatic carbocycles. The van der Waals surface area contributed by atoms with E-state index in [4.69, 9.17) is 11.6 Å². The van der Waals surface area contributed by atoms with Gasteiger partial charge in [0.1, 0.15) is 12.1 Å². The minimum absolute atomic E-state index is 0.666. The first-order chi connectivity index (χ1) is 8.78. The van der Waals surface area contributed by atoms with Gasteiger partial charge in [-0.2, -0.15) is 9.61 Å². The molecule has 1 aliphatic heterocycles. The smallest absolute Gasteiger partial charge is 0.157 e. The SMILES string of the molecule is Cc1cc(N2CCC(CCl)CC2)n2ncnc2c1. The van der Waals surface area contributed by atoms with E-state index in [0.29, 0.717) is 5.92 Å². The summed E-state index contributed by atoms with van der Waals surface area (Å²) in [5.74, 6) is 2.59. The molecule has 5 heteroatoms. The van der Waals surface area contributed by atoms with Gasteiger partial charge in [0, 0.05) is 19.0 Å². The Bertz CT molecular complexity index is 543. The molecule has 0 bridgehead atoms. The number of fused-ring (bicyclic) bond motifs is 1. The van der Waals surface area contributed by atoms with Crippen molar-refractivity contribution in [3.05, 3.63) is 24.0 Å². The Morgan fingerprint density at radius 3 is 2.83 bits per heavy atom. The number of rotatable bonds is 2. The Hall–Kier alpha value is -1.29. The van der Waals surface area contributed by atoms with Gasteiger partial charge >= 0.3 is 0 Å². The number of aromatic nitrogens is 3. The first-order valence-electron chi connectivity index (χ1n) is 6.39. The lowest BCUT2D eigenvalue weighted by atomic mass is 9.99. The highest BCUT2D eigenvalue weighted by molar-refractivity contribution is 6.18. The second-order valence-corrected chi connectivity index (χ2v) is 5.31. The molecular weight excluding hydrogens is 248 g/mol. The molecule has 4 nitrogen and oxygen atoms in total. The highest BCUT2D eigenvalue weighted by Crippen LogP contribution is 2.25. The van der Waals surface area contributed by atoms with Gasteiger partial charge in [-0.05, 0) is 43.4 Å². The first kappa shape index (κ1) is 11.8. The quantitative estimate of drug-likeness (QED) is 0.782. The largest absolute Gasteiger partial charge is 0.356 e. The molecule has 0 saturated carbocycles. The molecule has 2 aromatic rings. The van der Waals surface area contributed by atoms with E-state index in [0.717, 1.165) is 43.3 Å². The maximum atomic E-state index is 5.93. The van der Waals surface area contributed by atoms with Crippen LogP contribution in [0.4, 0.5) is 5.82 Å². The lowest BCUT2D eigenvalue weighted by molar-refractivity contribution is 0.439. The number of hydrogen-bond donors (Lipinski definition) is 0. The summed E-state index contributed by atoms with van der Waals surface area (Å²) < 4.78 is 1.92. The van der Waals surface area contributed by atoms with Crippen LogP contribution in [0.2, 0.25) is 0 Å². The van der Waals surface area contributed by atoms with Crippen molar-refractivity contribution < 1.29 is 0 Å². The monoisotopic (exact) mass is 264 g/mol. The predicted octanol–water partition coefficient (Wildman–Crippen LogP) is 2.49. The molecule has 2 aromatic heterocycles. The summed E-state index contributed by atoms with van der Waals surface area (Å²) in [6.07, 6.45) is 3.94. The van der Waals surface area contributed by atoms with Crippen LogP contribution in [0.3, 0.4) is 0 Å². The topological polar surface area (TPSA) is 33.4 Å². The van der Waals surface area contributed by atoms with Crippen LogP contribution in [0.1, 0.15) is 18.4 Å². The number of alkyl halides is 1. The number of anilines is 1. The van der Waals surface area contributed by atoms with Gasteiger partial charge in [-0.15, -0.1) is 11.6 Å². The summed E-state index contributed by atoms with van der Waals surface area (Å²) in [5.41, 5.74) is 2.15. The first-order valence-corrected chi connectivity index (χ1v) is 6.92. The van der Waals surface area contributed by atoms with Crippen LogP contribution in [0.25, 0.3) is 5.65 Å². The van der Waals surface area contributed by atoms with Gasteiger partial charge in [0.05, 0.1) is 0 Å². The maximum Gasteiger partial charge on any atom is 0.157 e. The summed E-state index contributed by atoms with van der Waals surface area (Å²) in [7, 11) is 0. The van der Waals surface area contributed by atoms with Crippen molar-refractivity contribution >= 4 is 23.1 Å².